The van der Waals surface area contributed by atoms with E-state index in [-0.39, 0.29) is 0 Å². The van der Waals surface area contributed by atoms with Gasteiger partial charge in [0.15, 0.2) is 0 Å². The van der Waals surface area contributed by atoms with Crippen LogP contribution in [0, 0.1) is 0 Å². The molecule has 0 heterocycles. The van der Waals surface area contributed by atoms with Crippen molar-refractivity contribution in [2.75, 3.05) is 33.4 Å². The van der Waals surface area contributed by atoms with Crippen molar-refractivity contribution in [2.45, 2.75) is 32.5 Å². The maximum absolute atomic E-state index is 5.31. The van der Waals surface area contributed by atoms with E-state index in [1.165, 1.54) is 25.8 Å². The van der Waals surface area contributed by atoms with Crippen LogP contribution in [0.3, 0.4) is 0 Å². The molecule has 0 unspecified atom stereocenters. The van der Waals surface area contributed by atoms with Crippen LogP contribution in [-0.2, 0) is 4.74 Å². The second-order valence-corrected chi connectivity index (χ2v) is 3.41. The summed E-state index contributed by atoms with van der Waals surface area (Å²) in [7, 11) is 7.45. The summed E-state index contributed by atoms with van der Waals surface area (Å²) in [5.41, 5.74) is 0. The molecule has 2 radical (unpaired) electrons. The highest BCUT2D eigenvalue weighted by Crippen LogP contribution is 1.95. The lowest BCUT2D eigenvalue weighted by Gasteiger charge is -2.15. The molecule has 2 nitrogen and oxygen atoms in total. The Morgan fingerprint density at radius 1 is 1.15 bits per heavy atom. The Morgan fingerprint density at radius 2 is 1.92 bits per heavy atom. The van der Waals surface area contributed by atoms with Crippen LogP contribution in [0.5, 0.6) is 0 Å². The minimum Gasteiger partial charge on any atom is -0.381 e. The summed E-state index contributed by atoms with van der Waals surface area (Å²) in [5.74, 6) is 0. The number of hydrogen-bond donors (Lipinski definition) is 0. The smallest absolute Gasteiger partial charge is 0.0684 e. The number of likely N-dealkylation sites (N-methyl/N-ethyl adjacent to an activating group) is 1. The minimum absolute atomic E-state index is 0.625. The summed E-state index contributed by atoms with van der Waals surface area (Å²) < 4.78 is 5.29. The normalized spacial score (nSPS) is 11.0. The molecule has 76 valence electrons. The van der Waals surface area contributed by atoms with Gasteiger partial charge in [-0.05, 0) is 20.0 Å². The maximum Gasteiger partial charge on any atom is 0.0684 e. The molecule has 0 aromatic rings. The van der Waals surface area contributed by atoms with Crippen molar-refractivity contribution >= 4 is 7.85 Å². The van der Waals surface area contributed by atoms with Gasteiger partial charge in [0.1, 0.15) is 0 Å². The van der Waals surface area contributed by atoms with Crippen LogP contribution in [0.25, 0.3) is 0 Å². The lowest BCUT2D eigenvalue weighted by molar-refractivity contribution is 0.122. The third kappa shape index (κ3) is 9.90. The van der Waals surface area contributed by atoms with Crippen LogP contribution in [0.4, 0.5) is 0 Å². The molecule has 0 rings (SSSR count). The molecule has 0 atom stereocenters. The van der Waals surface area contributed by atoms with E-state index in [4.69, 9.17) is 12.6 Å². The van der Waals surface area contributed by atoms with E-state index >= 15 is 0 Å². The van der Waals surface area contributed by atoms with E-state index in [2.05, 4.69) is 18.9 Å². The zero-order chi connectivity index (χ0) is 9.94. The predicted molar refractivity (Wildman–Crippen MR) is 58.4 cm³/mol. The first-order valence-electron chi connectivity index (χ1n) is 5.27. The molecule has 0 N–H and O–H groups in total. The van der Waals surface area contributed by atoms with Crippen LogP contribution in [-0.4, -0.2) is 46.1 Å². The van der Waals surface area contributed by atoms with Crippen LogP contribution >= 0.6 is 0 Å². The summed E-state index contributed by atoms with van der Waals surface area (Å²) in [6.07, 6.45) is 4.54. The highest BCUT2D eigenvalue weighted by atomic mass is 16.5. The summed E-state index contributed by atoms with van der Waals surface area (Å²) >= 11 is 0. The molecule has 3 heteroatoms. The summed E-state index contributed by atoms with van der Waals surface area (Å²) in [6.45, 7) is 5.91. The van der Waals surface area contributed by atoms with Crippen molar-refractivity contribution in [3.63, 3.8) is 0 Å². The van der Waals surface area contributed by atoms with E-state index in [1.807, 2.05) is 0 Å². The van der Waals surface area contributed by atoms with E-state index < -0.39 is 0 Å². The fourth-order valence-corrected chi connectivity index (χ4v) is 1.15. The molecule has 0 aromatic carbocycles. The van der Waals surface area contributed by atoms with Crippen molar-refractivity contribution in [3.8, 4) is 0 Å². The Hall–Kier alpha value is -0.0151. The monoisotopic (exact) mass is 183 g/mol. The van der Waals surface area contributed by atoms with Gasteiger partial charge >= 0.3 is 0 Å². The van der Waals surface area contributed by atoms with Crippen molar-refractivity contribution < 1.29 is 4.74 Å². The van der Waals surface area contributed by atoms with Crippen molar-refractivity contribution in [1.29, 1.82) is 0 Å². The van der Waals surface area contributed by atoms with Gasteiger partial charge in [-0.1, -0.05) is 26.1 Å². The molecule has 0 fully saturated rings. The van der Waals surface area contributed by atoms with Gasteiger partial charge < -0.3 is 9.64 Å². The second-order valence-electron chi connectivity index (χ2n) is 3.41. The number of hydrogen-bond acceptors (Lipinski definition) is 2. The highest BCUT2D eigenvalue weighted by molar-refractivity contribution is 6.08. The molecular formula is C10H22BNO. The van der Waals surface area contributed by atoms with Crippen LogP contribution in [0.2, 0.25) is 6.32 Å². The number of ether oxygens (including phenoxy) is 1. The van der Waals surface area contributed by atoms with Gasteiger partial charge in [-0.3, -0.25) is 0 Å². The molecule has 0 amide bonds. The third-order valence-electron chi connectivity index (χ3n) is 2.02. The lowest BCUT2D eigenvalue weighted by atomic mass is 10.1. The first-order chi connectivity index (χ1) is 6.31. The molecule has 0 aliphatic heterocycles. The Balaban J connectivity index is 3.05. The van der Waals surface area contributed by atoms with Crippen LogP contribution in [0.1, 0.15) is 26.2 Å². The number of nitrogens with zero attached hydrogens (tertiary/aromatic N) is 1. The van der Waals surface area contributed by atoms with Gasteiger partial charge in [0.25, 0.3) is 0 Å². The molecule has 0 bridgehead atoms. The molecule has 0 aliphatic carbocycles. The van der Waals surface area contributed by atoms with Gasteiger partial charge in [-0.25, -0.2) is 0 Å². The standard InChI is InChI=1S/C10H22BNO/c1-3-4-5-7-12(2)8-10-13-9-6-11/h3-10H2,1-2H3. The second kappa shape index (κ2) is 10.1. The Bertz CT molecular complexity index is 101. The fraction of sp³-hybridized carbons (Fsp3) is 1.00. The quantitative estimate of drug-likeness (QED) is 0.398. The molecular weight excluding hydrogens is 161 g/mol. The predicted octanol–water partition coefficient (Wildman–Crippen LogP) is 1.71. The molecule has 0 saturated heterocycles. The van der Waals surface area contributed by atoms with Crippen LogP contribution in [0.15, 0.2) is 0 Å². The largest absolute Gasteiger partial charge is 0.381 e. The maximum atomic E-state index is 5.31. The van der Waals surface area contributed by atoms with E-state index in [0.717, 1.165) is 13.2 Å². The average molecular weight is 183 g/mol. The SMILES string of the molecule is [B]CCOCCN(C)CCCCC. The average Bonchev–Trinajstić information content (AvgIpc) is 2.13. The Labute approximate surface area is 84.0 Å². The van der Waals surface area contributed by atoms with Crippen molar-refractivity contribution in [2.24, 2.45) is 0 Å². The van der Waals surface area contributed by atoms with Gasteiger partial charge in [0.2, 0.25) is 0 Å². The molecule has 0 spiro atoms. The van der Waals surface area contributed by atoms with Gasteiger partial charge in [-0.15, -0.1) is 0 Å². The van der Waals surface area contributed by atoms with Crippen LogP contribution < -0.4 is 0 Å². The van der Waals surface area contributed by atoms with Gasteiger partial charge in [0.05, 0.1) is 14.5 Å². The van der Waals surface area contributed by atoms with E-state index in [0.29, 0.717) is 12.9 Å². The molecule has 0 aliphatic rings. The Morgan fingerprint density at radius 3 is 2.54 bits per heavy atom. The number of rotatable bonds is 9. The highest BCUT2D eigenvalue weighted by Gasteiger charge is 1.96. The van der Waals surface area contributed by atoms with Crippen molar-refractivity contribution in [3.05, 3.63) is 0 Å². The van der Waals surface area contributed by atoms with Gasteiger partial charge in [-0.2, -0.15) is 0 Å². The molecule has 13 heavy (non-hydrogen) atoms. The van der Waals surface area contributed by atoms with E-state index in [9.17, 15) is 0 Å². The first kappa shape index (κ1) is 13.0. The number of unbranched alkanes of at least 4 members (excludes halogenated alkanes) is 2. The summed E-state index contributed by atoms with van der Waals surface area (Å²) in [6, 6.07) is 0. The minimum atomic E-state index is 0.625. The summed E-state index contributed by atoms with van der Waals surface area (Å²) in [4.78, 5) is 2.31. The third-order valence-corrected chi connectivity index (χ3v) is 2.02. The van der Waals surface area contributed by atoms with Crippen molar-refractivity contribution in [1.82, 2.24) is 4.90 Å². The zero-order valence-electron chi connectivity index (χ0n) is 9.09. The summed E-state index contributed by atoms with van der Waals surface area (Å²) in [5, 5.41) is 0. The lowest BCUT2D eigenvalue weighted by Crippen LogP contribution is -2.24. The first-order valence-corrected chi connectivity index (χ1v) is 5.27. The zero-order valence-corrected chi connectivity index (χ0v) is 9.09. The van der Waals surface area contributed by atoms with Gasteiger partial charge in [0, 0.05) is 13.2 Å². The molecule has 0 saturated carbocycles. The topological polar surface area (TPSA) is 12.5 Å². The van der Waals surface area contributed by atoms with E-state index in [1.54, 1.807) is 0 Å². The fourth-order valence-electron chi connectivity index (χ4n) is 1.15. The Kier molecular flexibility index (Phi) is 10.1. The molecule has 0 aromatic heterocycles.